The van der Waals surface area contributed by atoms with Gasteiger partial charge in [0.05, 0.1) is 49.8 Å². The van der Waals surface area contributed by atoms with Crippen LogP contribution >= 0.6 is 0 Å². The van der Waals surface area contributed by atoms with Crippen LogP contribution in [0.5, 0.6) is 0 Å². The molecule has 5 aromatic heterocycles. The van der Waals surface area contributed by atoms with E-state index in [0.29, 0.717) is 0 Å². The molecule has 2 aliphatic rings. The second-order valence-electron chi connectivity index (χ2n) is 31.7. The van der Waals surface area contributed by atoms with E-state index in [2.05, 4.69) is 403 Å². The zero-order chi connectivity index (χ0) is 74.2. The minimum atomic E-state index is -0.139. The van der Waals surface area contributed by atoms with Gasteiger partial charge in [0, 0.05) is 88.4 Å². The van der Waals surface area contributed by atoms with E-state index in [0.717, 1.165) is 16.9 Å². The molecule has 112 heavy (non-hydrogen) atoms. The maximum atomic E-state index is 4.62. The summed E-state index contributed by atoms with van der Waals surface area (Å²) in [5.41, 5.74) is 32.1. The van der Waals surface area contributed by atoms with Gasteiger partial charge in [0.1, 0.15) is 0 Å². The summed E-state index contributed by atoms with van der Waals surface area (Å²) in [5.74, 6) is 0. The number of nitrogens with zero attached hydrogens (tertiary/aromatic N) is 5. The van der Waals surface area contributed by atoms with Crippen LogP contribution in [0.25, 0.3) is 198 Å². The molecular weight excluding hydrogens is 1360 g/mol. The number of benzene rings is 17. The number of hydrogen-bond acceptors (Lipinski definition) is 1. The minimum Gasteiger partial charge on any atom is -0.309 e. The average Bonchev–Trinajstić information content (AvgIpc) is 1.54. The highest BCUT2D eigenvalue weighted by Crippen LogP contribution is 2.56. The van der Waals surface area contributed by atoms with E-state index in [9.17, 15) is 0 Å². The summed E-state index contributed by atoms with van der Waals surface area (Å²) in [4.78, 5) is 4.62. The summed E-state index contributed by atoms with van der Waals surface area (Å²) in [6.07, 6.45) is 1.85. The van der Waals surface area contributed by atoms with Crippen molar-refractivity contribution < 1.29 is 0 Å². The van der Waals surface area contributed by atoms with Crippen molar-refractivity contribution in [3.8, 4) is 78.5 Å². The lowest BCUT2D eigenvalue weighted by atomic mass is 9.81. The Labute approximate surface area is 648 Å². The molecule has 24 rings (SSSR count). The van der Waals surface area contributed by atoms with E-state index in [4.69, 9.17) is 0 Å². The monoisotopic (exact) mass is 1430 g/mol. The summed E-state index contributed by atoms with van der Waals surface area (Å²) in [5, 5.41) is 17.9. The third kappa shape index (κ3) is 9.28. The van der Waals surface area contributed by atoms with Crippen molar-refractivity contribution in [2.45, 2.75) is 38.5 Å². The van der Waals surface area contributed by atoms with Crippen LogP contribution in [-0.2, 0) is 10.8 Å². The van der Waals surface area contributed by atoms with Gasteiger partial charge in [-0.3, -0.25) is 4.98 Å². The maximum absolute atomic E-state index is 4.62. The molecule has 2 aliphatic carbocycles. The van der Waals surface area contributed by atoms with Crippen molar-refractivity contribution in [2.24, 2.45) is 0 Å². The summed E-state index contributed by atoms with van der Waals surface area (Å²) in [6, 6.07) is 134. The van der Waals surface area contributed by atoms with Crippen LogP contribution < -0.4 is 0 Å². The van der Waals surface area contributed by atoms with E-state index in [1.807, 2.05) is 18.3 Å². The molecule has 526 valence electrons. The Kier molecular flexibility index (Phi) is 13.8. The summed E-state index contributed by atoms with van der Waals surface area (Å²) >= 11 is 0. The average molecular weight is 1430 g/mol. The van der Waals surface area contributed by atoms with Crippen molar-refractivity contribution in [2.75, 3.05) is 0 Å². The lowest BCUT2D eigenvalue weighted by Crippen LogP contribution is -2.16. The van der Waals surface area contributed by atoms with E-state index in [1.54, 1.807) is 0 Å². The van der Waals surface area contributed by atoms with Gasteiger partial charge in [0.2, 0.25) is 0 Å². The fraction of sp³-hybridized carbons (Fsp3) is 0.0561. The molecule has 0 aliphatic heterocycles. The van der Waals surface area contributed by atoms with Gasteiger partial charge in [-0.2, -0.15) is 0 Å². The molecule has 5 heterocycles. The smallest absolute Gasteiger partial charge is 0.0702 e. The molecule has 0 saturated heterocycles. The predicted octanol–water partition coefficient (Wildman–Crippen LogP) is 28.2. The van der Waals surface area contributed by atoms with E-state index in [1.165, 1.54) is 203 Å². The largest absolute Gasteiger partial charge is 0.309 e. The Bertz CT molecular complexity index is 7700. The van der Waals surface area contributed by atoms with Gasteiger partial charge in [-0.05, 0) is 220 Å². The number of rotatable bonds is 7. The van der Waals surface area contributed by atoms with Crippen LogP contribution in [-0.4, -0.2) is 23.3 Å². The minimum absolute atomic E-state index is 0.133. The topological polar surface area (TPSA) is 32.6 Å². The van der Waals surface area contributed by atoms with Crippen LogP contribution in [0.1, 0.15) is 49.9 Å². The Hall–Kier alpha value is -14.1. The van der Waals surface area contributed by atoms with E-state index >= 15 is 0 Å². The Morgan fingerprint density at radius 3 is 1.03 bits per heavy atom. The zero-order valence-corrected chi connectivity index (χ0v) is 62.5. The van der Waals surface area contributed by atoms with Crippen LogP contribution in [0, 0.1) is 0 Å². The molecule has 0 amide bonds. The Morgan fingerprint density at radius 1 is 0.205 bits per heavy atom. The molecule has 0 spiro atoms. The maximum Gasteiger partial charge on any atom is 0.0702 e. The molecule has 0 N–H and O–H groups in total. The molecule has 5 nitrogen and oxygen atoms in total. The highest BCUT2D eigenvalue weighted by atomic mass is 15.0. The first-order valence-electron chi connectivity index (χ1n) is 39.1. The highest BCUT2D eigenvalue weighted by molar-refractivity contribution is 6.26. The van der Waals surface area contributed by atoms with Crippen molar-refractivity contribution in [1.82, 2.24) is 23.3 Å². The van der Waals surface area contributed by atoms with E-state index < -0.39 is 0 Å². The number of aromatic nitrogens is 5. The van der Waals surface area contributed by atoms with Gasteiger partial charge in [0.25, 0.3) is 0 Å². The first kappa shape index (κ1) is 63.9. The van der Waals surface area contributed by atoms with Crippen molar-refractivity contribution in [1.29, 1.82) is 0 Å². The number of para-hydroxylation sites is 4. The summed E-state index contributed by atoms with van der Waals surface area (Å²) in [7, 11) is 0. The first-order chi connectivity index (χ1) is 55.1. The summed E-state index contributed by atoms with van der Waals surface area (Å²) in [6.45, 7) is 9.55. The number of hydrogen-bond donors (Lipinski definition) is 0. The Morgan fingerprint density at radius 2 is 0.562 bits per heavy atom. The van der Waals surface area contributed by atoms with Gasteiger partial charge in [-0.1, -0.05) is 270 Å². The lowest BCUT2D eigenvalue weighted by Gasteiger charge is -2.23. The Balaban J connectivity index is 0.000000134. The molecule has 17 aromatic carbocycles. The zero-order valence-electron chi connectivity index (χ0n) is 62.5. The molecule has 0 bridgehead atoms. The SMILES string of the molecule is CC1(C)c2ccccc2-c2ccc3c4cc(-c5ccc6c(c5)c5ccccc5n6-c5ccc6c7ccccc7c7ccccc7c6c5)ccc4n(-c4ccccc4)c3c21.CC1(C)c2ccccc2-c2ccc3c4cc(-c5ccc6c(c5)c5ccccc5n6-c5cccc(-c6ccccn6)c5)ccc4n(-c4ccccc4)c3c21. The lowest BCUT2D eigenvalue weighted by molar-refractivity contribution is 0.663. The highest BCUT2D eigenvalue weighted by Gasteiger charge is 2.40. The molecule has 0 saturated carbocycles. The van der Waals surface area contributed by atoms with Gasteiger partial charge < -0.3 is 18.3 Å². The van der Waals surface area contributed by atoms with E-state index in [-0.39, 0.29) is 10.8 Å². The molecule has 5 heteroatoms. The molecule has 0 atom stereocenters. The van der Waals surface area contributed by atoms with Gasteiger partial charge >= 0.3 is 0 Å². The quantitative estimate of drug-likeness (QED) is 0.146. The van der Waals surface area contributed by atoms with Crippen LogP contribution in [0.15, 0.2) is 370 Å². The normalized spacial score (nSPS) is 13.3. The van der Waals surface area contributed by atoms with Crippen molar-refractivity contribution >= 4 is 120 Å². The van der Waals surface area contributed by atoms with Gasteiger partial charge in [-0.25, -0.2) is 0 Å². The van der Waals surface area contributed by atoms with Crippen molar-refractivity contribution in [3.05, 3.63) is 392 Å². The third-order valence-electron chi connectivity index (χ3n) is 25.0. The molecule has 22 aromatic rings. The van der Waals surface area contributed by atoms with Gasteiger partial charge in [0.15, 0.2) is 0 Å². The second-order valence-corrected chi connectivity index (χ2v) is 31.7. The van der Waals surface area contributed by atoms with Crippen LogP contribution in [0.4, 0.5) is 0 Å². The standard InChI is InChI=1S/C57H38N2.C50H35N3/c1-57(2)51-22-12-10-20-44(51)46-28-29-47-50-33-36(25-31-54(50)59(56(47)55(46)57)37-14-4-3-5-15-37)35-24-30-53-49(32-35)45-21-11-13-23-52(45)58(53)38-26-27-43-41-18-7-6-16-39(41)40-17-8-9-19-42(40)48(43)34-38;1-50(2)43-19-8-6-17-37(43)39-24-25-40-42-31-33(23-27-47(42)53(49(40)48(39)50)35-14-4-3-5-15-35)32-22-26-46-41(30-32)38-18-7-9-21-45(38)52(46)36-16-12-13-34(29-36)44-20-10-11-28-51-44/h3-34H,1-2H3;3-31H,1-2H3. The predicted molar refractivity (Wildman–Crippen MR) is 472 cm³/mol. The number of fused-ring (bicyclic) bond motifs is 26. The van der Waals surface area contributed by atoms with Crippen LogP contribution in [0.3, 0.4) is 0 Å². The number of pyridine rings is 1. The van der Waals surface area contributed by atoms with Crippen molar-refractivity contribution in [3.63, 3.8) is 0 Å². The fourth-order valence-electron chi connectivity index (χ4n) is 20.0. The third-order valence-corrected chi connectivity index (χ3v) is 25.0. The second kappa shape index (κ2) is 24.2. The molecule has 0 unspecified atom stereocenters. The summed E-state index contributed by atoms with van der Waals surface area (Å²) < 4.78 is 9.84. The molecular formula is C107H73N5. The molecule has 0 fully saturated rings. The van der Waals surface area contributed by atoms with Gasteiger partial charge in [-0.15, -0.1) is 0 Å². The fourth-order valence-corrected chi connectivity index (χ4v) is 20.0. The first-order valence-corrected chi connectivity index (χ1v) is 39.1. The van der Waals surface area contributed by atoms with Crippen LogP contribution in [0.2, 0.25) is 0 Å². The molecule has 0 radical (unpaired) electrons.